The average Bonchev–Trinajstić information content (AvgIpc) is 2.43. The summed E-state index contributed by atoms with van der Waals surface area (Å²) in [5.74, 6) is 0.719. The summed E-state index contributed by atoms with van der Waals surface area (Å²) in [5, 5.41) is 0. The van der Waals surface area contributed by atoms with Gasteiger partial charge in [0.25, 0.3) is 0 Å². The van der Waals surface area contributed by atoms with Crippen molar-refractivity contribution in [2.45, 2.75) is 31.7 Å². The Morgan fingerprint density at radius 1 is 1.33 bits per heavy atom. The molecule has 1 atom stereocenters. The van der Waals surface area contributed by atoms with Crippen LogP contribution >= 0.6 is 15.9 Å². The van der Waals surface area contributed by atoms with Crippen molar-refractivity contribution in [2.75, 3.05) is 20.3 Å². The summed E-state index contributed by atoms with van der Waals surface area (Å²) in [6.45, 7) is 6.70. The van der Waals surface area contributed by atoms with Crippen LogP contribution in [-0.4, -0.2) is 34.8 Å². The minimum atomic E-state index is -3.60. The van der Waals surface area contributed by atoms with Crippen molar-refractivity contribution in [3.8, 4) is 5.75 Å². The van der Waals surface area contributed by atoms with Crippen molar-refractivity contribution < 1.29 is 17.9 Å². The Balaban J connectivity index is 2.96. The molecule has 5 nitrogen and oxygen atoms in total. The molecule has 1 rings (SSSR count). The van der Waals surface area contributed by atoms with Crippen LogP contribution in [0, 0.1) is 5.92 Å². The highest BCUT2D eigenvalue weighted by molar-refractivity contribution is 9.10. The second-order valence-electron chi connectivity index (χ2n) is 4.93. The van der Waals surface area contributed by atoms with E-state index in [0.717, 1.165) is 0 Å². The zero-order valence-electron chi connectivity index (χ0n) is 12.7. The molecule has 0 aliphatic rings. The second kappa shape index (κ2) is 8.12. The first kappa shape index (κ1) is 18.4. The van der Waals surface area contributed by atoms with E-state index < -0.39 is 10.0 Å². The molecule has 0 amide bonds. The van der Waals surface area contributed by atoms with Crippen LogP contribution < -0.4 is 9.46 Å². The van der Waals surface area contributed by atoms with E-state index in [1.165, 1.54) is 19.2 Å². The summed E-state index contributed by atoms with van der Waals surface area (Å²) in [5.41, 5.74) is 0. The minimum absolute atomic E-state index is 0.132. The van der Waals surface area contributed by atoms with Gasteiger partial charge in [0.2, 0.25) is 10.0 Å². The van der Waals surface area contributed by atoms with Crippen LogP contribution in [0.3, 0.4) is 0 Å². The lowest BCUT2D eigenvalue weighted by Crippen LogP contribution is -2.41. The fraction of sp³-hybridized carbons (Fsp3) is 0.571. The number of rotatable bonds is 8. The molecule has 0 aliphatic heterocycles. The lowest BCUT2D eigenvalue weighted by Gasteiger charge is -2.22. The van der Waals surface area contributed by atoms with Crippen molar-refractivity contribution in [1.82, 2.24) is 4.72 Å². The van der Waals surface area contributed by atoms with Crippen molar-refractivity contribution in [2.24, 2.45) is 5.92 Å². The third kappa shape index (κ3) is 5.25. The van der Waals surface area contributed by atoms with Gasteiger partial charge in [0.1, 0.15) is 5.75 Å². The van der Waals surface area contributed by atoms with E-state index >= 15 is 0 Å². The van der Waals surface area contributed by atoms with E-state index in [1.54, 1.807) is 6.07 Å². The predicted octanol–water partition coefficient (Wildman–Crippen LogP) is 2.80. The summed E-state index contributed by atoms with van der Waals surface area (Å²) in [6, 6.07) is 4.39. The van der Waals surface area contributed by atoms with E-state index in [1.807, 2.05) is 20.8 Å². The van der Waals surface area contributed by atoms with Crippen molar-refractivity contribution >= 4 is 26.0 Å². The third-order valence-corrected chi connectivity index (χ3v) is 5.15. The third-order valence-electron chi connectivity index (χ3n) is 3.05. The molecule has 0 saturated carbocycles. The zero-order valence-corrected chi connectivity index (χ0v) is 15.1. The molecule has 120 valence electrons. The Bertz CT molecular complexity index is 560. The van der Waals surface area contributed by atoms with Crippen LogP contribution in [0.5, 0.6) is 5.75 Å². The first-order valence-electron chi connectivity index (χ1n) is 6.75. The van der Waals surface area contributed by atoms with Crippen LogP contribution in [0.15, 0.2) is 27.6 Å². The zero-order chi connectivity index (χ0) is 16.0. The first-order valence-corrected chi connectivity index (χ1v) is 9.03. The molecule has 7 heteroatoms. The molecule has 1 N–H and O–H groups in total. The van der Waals surface area contributed by atoms with Gasteiger partial charge >= 0.3 is 0 Å². The number of hydrogen-bond donors (Lipinski definition) is 1. The summed E-state index contributed by atoms with van der Waals surface area (Å²) < 4.78 is 38.6. The van der Waals surface area contributed by atoms with Gasteiger partial charge in [-0.3, -0.25) is 0 Å². The largest absolute Gasteiger partial charge is 0.496 e. The average molecular weight is 380 g/mol. The SMILES string of the molecule is CCOCC(NS(=O)(=O)c1ccc(OC)c(Br)c1)C(C)C. The smallest absolute Gasteiger partial charge is 0.240 e. The van der Waals surface area contributed by atoms with Crippen LogP contribution in [0.2, 0.25) is 0 Å². The van der Waals surface area contributed by atoms with Gasteiger partial charge in [-0.05, 0) is 47.0 Å². The number of methoxy groups -OCH3 is 1. The number of hydrogen-bond acceptors (Lipinski definition) is 4. The van der Waals surface area contributed by atoms with Crippen molar-refractivity contribution in [1.29, 1.82) is 0 Å². The summed E-state index contributed by atoms with van der Waals surface area (Å²) in [4.78, 5) is 0.192. The number of nitrogens with one attached hydrogen (secondary N) is 1. The maximum absolute atomic E-state index is 12.4. The molecular formula is C14H22BrNO4S. The quantitative estimate of drug-likeness (QED) is 0.753. The molecule has 0 radical (unpaired) electrons. The normalized spacial score (nSPS) is 13.4. The van der Waals surface area contributed by atoms with Crippen molar-refractivity contribution in [3.63, 3.8) is 0 Å². The van der Waals surface area contributed by atoms with Gasteiger partial charge in [-0.15, -0.1) is 0 Å². The molecule has 0 fully saturated rings. The Morgan fingerprint density at radius 2 is 2.00 bits per heavy atom. The lowest BCUT2D eigenvalue weighted by atomic mass is 10.1. The highest BCUT2D eigenvalue weighted by Gasteiger charge is 2.23. The van der Waals surface area contributed by atoms with E-state index in [9.17, 15) is 8.42 Å². The summed E-state index contributed by atoms with van der Waals surface area (Å²) in [7, 11) is -2.07. The minimum Gasteiger partial charge on any atom is -0.496 e. The Hall–Kier alpha value is -0.630. The Kier molecular flexibility index (Phi) is 7.12. The van der Waals surface area contributed by atoms with Gasteiger partial charge in [-0.1, -0.05) is 13.8 Å². The number of ether oxygens (including phenoxy) is 2. The molecule has 1 unspecified atom stereocenters. The molecular weight excluding hydrogens is 358 g/mol. The molecule has 1 aromatic rings. The summed E-state index contributed by atoms with van der Waals surface area (Å²) in [6.07, 6.45) is 0. The maximum Gasteiger partial charge on any atom is 0.240 e. The number of benzene rings is 1. The lowest BCUT2D eigenvalue weighted by molar-refractivity contribution is 0.116. The summed E-state index contributed by atoms with van der Waals surface area (Å²) >= 11 is 3.29. The molecule has 0 spiro atoms. The maximum atomic E-state index is 12.4. The van der Waals surface area contributed by atoms with E-state index in [4.69, 9.17) is 9.47 Å². The van der Waals surface area contributed by atoms with Gasteiger partial charge in [0.05, 0.1) is 23.1 Å². The molecule has 0 saturated heterocycles. The fourth-order valence-corrected chi connectivity index (χ4v) is 3.78. The standard InChI is InChI=1S/C14H22BrNO4S/c1-5-20-9-13(10(2)3)16-21(17,18)11-6-7-14(19-4)12(15)8-11/h6-8,10,13,16H,5,9H2,1-4H3. The molecule has 1 aromatic carbocycles. The number of sulfonamides is 1. The van der Waals surface area contributed by atoms with Crippen molar-refractivity contribution in [3.05, 3.63) is 22.7 Å². The molecule has 21 heavy (non-hydrogen) atoms. The van der Waals surface area contributed by atoms with Gasteiger partial charge in [-0.2, -0.15) is 0 Å². The van der Waals surface area contributed by atoms with Crippen LogP contribution in [0.4, 0.5) is 0 Å². The first-order chi connectivity index (χ1) is 9.81. The van der Waals surface area contributed by atoms with E-state index in [2.05, 4.69) is 20.7 Å². The topological polar surface area (TPSA) is 64.6 Å². The highest BCUT2D eigenvalue weighted by atomic mass is 79.9. The van der Waals surface area contributed by atoms with Gasteiger partial charge in [0, 0.05) is 12.6 Å². The fourth-order valence-electron chi connectivity index (χ4n) is 1.69. The van der Waals surface area contributed by atoms with Gasteiger partial charge in [0.15, 0.2) is 0 Å². The van der Waals surface area contributed by atoms with E-state index in [-0.39, 0.29) is 16.9 Å². The number of halogens is 1. The Morgan fingerprint density at radius 3 is 2.48 bits per heavy atom. The molecule has 0 bridgehead atoms. The second-order valence-corrected chi connectivity index (χ2v) is 7.50. The van der Waals surface area contributed by atoms with Crippen LogP contribution in [0.25, 0.3) is 0 Å². The highest BCUT2D eigenvalue weighted by Crippen LogP contribution is 2.27. The monoisotopic (exact) mass is 379 g/mol. The van der Waals surface area contributed by atoms with E-state index in [0.29, 0.717) is 23.4 Å². The Labute approximate surface area is 135 Å². The molecule has 0 aliphatic carbocycles. The van der Waals surface area contributed by atoms with Gasteiger partial charge < -0.3 is 9.47 Å². The van der Waals surface area contributed by atoms with Crippen LogP contribution in [0.1, 0.15) is 20.8 Å². The predicted molar refractivity (Wildman–Crippen MR) is 86.1 cm³/mol. The van der Waals surface area contributed by atoms with Crippen LogP contribution in [-0.2, 0) is 14.8 Å². The molecule has 0 heterocycles. The van der Waals surface area contributed by atoms with Gasteiger partial charge in [-0.25, -0.2) is 13.1 Å². The molecule has 0 aromatic heterocycles.